The third-order valence-corrected chi connectivity index (χ3v) is 4.53. The van der Waals surface area contributed by atoms with Crippen LogP contribution in [0.2, 0.25) is 0 Å². The second kappa shape index (κ2) is 7.06. The van der Waals surface area contributed by atoms with Crippen LogP contribution in [-0.2, 0) is 11.2 Å². The Kier molecular flexibility index (Phi) is 5.40. The largest absolute Gasteiger partial charge is 0.391 e. The zero-order valence-electron chi connectivity index (χ0n) is 10.9. The monoisotopic (exact) mass is 325 g/mol. The van der Waals surface area contributed by atoms with Gasteiger partial charge in [0, 0.05) is 11.0 Å². The van der Waals surface area contributed by atoms with Gasteiger partial charge in [0.2, 0.25) is 5.91 Å². The number of rotatable bonds is 5. The first kappa shape index (κ1) is 14.5. The number of aliphatic hydroxyl groups is 1. The number of aliphatic hydroxyl groups excluding tert-OH is 1. The van der Waals surface area contributed by atoms with Crippen LogP contribution in [0.25, 0.3) is 0 Å². The van der Waals surface area contributed by atoms with E-state index in [1.165, 1.54) is 12.8 Å². The Balaban J connectivity index is 1.77. The van der Waals surface area contributed by atoms with Crippen molar-refractivity contribution in [3.63, 3.8) is 0 Å². The summed E-state index contributed by atoms with van der Waals surface area (Å²) in [6.07, 6.45) is 4.52. The Labute approximate surface area is 122 Å². The molecule has 0 spiro atoms. The average molecular weight is 326 g/mol. The van der Waals surface area contributed by atoms with E-state index in [1.807, 2.05) is 24.3 Å². The SMILES string of the molecule is O=C(Cc1ccccc1Br)NCC(O)C1CCCC1. The summed E-state index contributed by atoms with van der Waals surface area (Å²) in [6.45, 7) is 0.369. The van der Waals surface area contributed by atoms with Crippen LogP contribution in [0.15, 0.2) is 28.7 Å². The summed E-state index contributed by atoms with van der Waals surface area (Å²) < 4.78 is 0.946. The molecule has 0 bridgehead atoms. The van der Waals surface area contributed by atoms with E-state index in [0.717, 1.165) is 22.9 Å². The number of halogens is 1. The summed E-state index contributed by atoms with van der Waals surface area (Å²) in [5.41, 5.74) is 0.968. The Hall–Kier alpha value is -0.870. The number of amides is 1. The molecule has 1 aromatic rings. The molecule has 1 amide bonds. The molecule has 0 aromatic heterocycles. The zero-order chi connectivity index (χ0) is 13.7. The van der Waals surface area contributed by atoms with Crippen LogP contribution < -0.4 is 5.32 Å². The second-order valence-corrected chi connectivity index (χ2v) is 6.04. The molecule has 0 heterocycles. The van der Waals surface area contributed by atoms with Gasteiger partial charge in [-0.1, -0.05) is 47.0 Å². The molecule has 1 fully saturated rings. The van der Waals surface area contributed by atoms with Gasteiger partial charge in [-0.3, -0.25) is 4.79 Å². The Morgan fingerprint density at radius 2 is 2.05 bits per heavy atom. The van der Waals surface area contributed by atoms with E-state index in [4.69, 9.17) is 0 Å². The maximum absolute atomic E-state index is 11.8. The first-order valence-corrected chi connectivity index (χ1v) is 7.64. The van der Waals surface area contributed by atoms with Gasteiger partial charge in [0.1, 0.15) is 0 Å². The summed E-state index contributed by atoms with van der Waals surface area (Å²) in [6, 6.07) is 7.70. The van der Waals surface area contributed by atoms with Crippen LogP contribution in [0.4, 0.5) is 0 Å². The number of hydrogen-bond acceptors (Lipinski definition) is 2. The normalized spacial score (nSPS) is 17.4. The minimum atomic E-state index is -0.398. The van der Waals surface area contributed by atoms with Gasteiger partial charge >= 0.3 is 0 Å². The topological polar surface area (TPSA) is 49.3 Å². The van der Waals surface area contributed by atoms with E-state index < -0.39 is 6.10 Å². The third-order valence-electron chi connectivity index (χ3n) is 3.76. The lowest BCUT2D eigenvalue weighted by Gasteiger charge is -2.18. The van der Waals surface area contributed by atoms with Gasteiger partial charge in [-0.05, 0) is 30.4 Å². The van der Waals surface area contributed by atoms with Crippen molar-refractivity contribution in [2.24, 2.45) is 5.92 Å². The van der Waals surface area contributed by atoms with Crippen molar-refractivity contribution in [2.75, 3.05) is 6.54 Å². The summed E-state index contributed by atoms with van der Waals surface area (Å²) in [5, 5.41) is 12.8. The molecule has 2 rings (SSSR count). The highest BCUT2D eigenvalue weighted by Gasteiger charge is 2.23. The van der Waals surface area contributed by atoms with Gasteiger partial charge in [0.15, 0.2) is 0 Å². The number of carbonyl (C=O) groups is 1. The van der Waals surface area contributed by atoms with Crippen molar-refractivity contribution in [1.29, 1.82) is 0 Å². The number of benzene rings is 1. The summed E-state index contributed by atoms with van der Waals surface area (Å²) in [4.78, 5) is 11.8. The number of hydrogen-bond donors (Lipinski definition) is 2. The lowest BCUT2D eigenvalue weighted by molar-refractivity contribution is -0.121. The van der Waals surface area contributed by atoms with Crippen LogP contribution in [-0.4, -0.2) is 23.7 Å². The molecule has 104 valence electrons. The second-order valence-electron chi connectivity index (χ2n) is 5.18. The van der Waals surface area contributed by atoms with E-state index in [2.05, 4.69) is 21.2 Å². The molecule has 19 heavy (non-hydrogen) atoms. The van der Waals surface area contributed by atoms with Crippen molar-refractivity contribution in [2.45, 2.75) is 38.2 Å². The Morgan fingerprint density at radius 3 is 2.74 bits per heavy atom. The lowest BCUT2D eigenvalue weighted by Crippen LogP contribution is -2.36. The molecular formula is C15H20BrNO2. The van der Waals surface area contributed by atoms with Crippen LogP contribution in [0.3, 0.4) is 0 Å². The highest BCUT2D eigenvalue weighted by molar-refractivity contribution is 9.10. The average Bonchev–Trinajstić information content (AvgIpc) is 2.93. The van der Waals surface area contributed by atoms with Crippen LogP contribution in [0.5, 0.6) is 0 Å². The van der Waals surface area contributed by atoms with Crippen molar-refractivity contribution >= 4 is 21.8 Å². The highest BCUT2D eigenvalue weighted by atomic mass is 79.9. The van der Waals surface area contributed by atoms with E-state index in [0.29, 0.717) is 18.9 Å². The predicted molar refractivity (Wildman–Crippen MR) is 78.8 cm³/mol. The van der Waals surface area contributed by atoms with Crippen LogP contribution >= 0.6 is 15.9 Å². The van der Waals surface area contributed by atoms with Gasteiger partial charge in [0.05, 0.1) is 12.5 Å². The standard InChI is InChI=1S/C15H20BrNO2/c16-13-8-4-3-7-12(13)9-15(19)17-10-14(18)11-5-1-2-6-11/h3-4,7-8,11,14,18H,1-2,5-6,9-10H2,(H,17,19). The number of nitrogens with one attached hydrogen (secondary N) is 1. The predicted octanol–water partition coefficient (Wildman–Crippen LogP) is 2.66. The molecule has 0 saturated heterocycles. The number of carbonyl (C=O) groups excluding carboxylic acids is 1. The molecule has 3 nitrogen and oxygen atoms in total. The van der Waals surface area contributed by atoms with Crippen molar-refractivity contribution in [3.8, 4) is 0 Å². The summed E-state index contributed by atoms with van der Waals surface area (Å²) in [5.74, 6) is 0.327. The molecule has 1 atom stereocenters. The molecule has 2 N–H and O–H groups in total. The smallest absolute Gasteiger partial charge is 0.224 e. The molecule has 0 radical (unpaired) electrons. The molecule has 1 aliphatic rings. The van der Waals surface area contributed by atoms with Gasteiger partial charge in [-0.15, -0.1) is 0 Å². The van der Waals surface area contributed by atoms with Crippen molar-refractivity contribution in [1.82, 2.24) is 5.32 Å². The van der Waals surface area contributed by atoms with Crippen LogP contribution in [0.1, 0.15) is 31.2 Å². The Morgan fingerprint density at radius 1 is 1.37 bits per heavy atom. The molecule has 4 heteroatoms. The van der Waals surface area contributed by atoms with Crippen molar-refractivity contribution < 1.29 is 9.90 Å². The molecule has 1 saturated carbocycles. The van der Waals surface area contributed by atoms with Gasteiger partial charge < -0.3 is 10.4 Å². The first-order chi connectivity index (χ1) is 9.16. The fourth-order valence-corrected chi connectivity index (χ4v) is 3.03. The summed E-state index contributed by atoms with van der Waals surface area (Å²) >= 11 is 3.43. The minimum absolute atomic E-state index is 0.0380. The van der Waals surface area contributed by atoms with E-state index >= 15 is 0 Å². The molecular weight excluding hydrogens is 306 g/mol. The van der Waals surface area contributed by atoms with Crippen LogP contribution in [0, 0.1) is 5.92 Å². The fraction of sp³-hybridized carbons (Fsp3) is 0.533. The maximum Gasteiger partial charge on any atom is 0.224 e. The maximum atomic E-state index is 11.8. The van der Waals surface area contributed by atoms with Crippen molar-refractivity contribution in [3.05, 3.63) is 34.3 Å². The third kappa shape index (κ3) is 4.32. The molecule has 1 unspecified atom stereocenters. The van der Waals surface area contributed by atoms with Gasteiger partial charge in [-0.2, -0.15) is 0 Å². The Bertz CT molecular complexity index is 430. The minimum Gasteiger partial charge on any atom is -0.391 e. The van der Waals surface area contributed by atoms with Gasteiger partial charge in [-0.25, -0.2) is 0 Å². The summed E-state index contributed by atoms with van der Waals surface area (Å²) in [7, 11) is 0. The molecule has 1 aliphatic carbocycles. The zero-order valence-corrected chi connectivity index (χ0v) is 12.5. The van der Waals surface area contributed by atoms with E-state index in [-0.39, 0.29) is 5.91 Å². The van der Waals surface area contributed by atoms with Gasteiger partial charge in [0.25, 0.3) is 0 Å². The highest BCUT2D eigenvalue weighted by Crippen LogP contribution is 2.27. The quantitative estimate of drug-likeness (QED) is 0.874. The van der Waals surface area contributed by atoms with E-state index in [1.54, 1.807) is 0 Å². The first-order valence-electron chi connectivity index (χ1n) is 6.85. The molecule has 0 aliphatic heterocycles. The molecule has 1 aromatic carbocycles. The lowest BCUT2D eigenvalue weighted by atomic mass is 10.0. The fourth-order valence-electron chi connectivity index (χ4n) is 2.60. The van der Waals surface area contributed by atoms with E-state index in [9.17, 15) is 9.90 Å².